The highest BCUT2D eigenvalue weighted by molar-refractivity contribution is 7.15. The predicted octanol–water partition coefficient (Wildman–Crippen LogP) is 3.10. The first kappa shape index (κ1) is 14.0. The second-order valence-corrected chi connectivity index (χ2v) is 5.39. The van der Waals surface area contributed by atoms with Crippen LogP contribution in [0.25, 0.3) is 0 Å². The molecular weight excluding hydrogens is 278 g/mol. The fraction of sp³-hybridized carbons (Fsp3) is 0.154. The van der Waals surface area contributed by atoms with Crippen LogP contribution >= 0.6 is 11.3 Å². The van der Waals surface area contributed by atoms with Crippen LogP contribution in [0.2, 0.25) is 0 Å². The van der Waals surface area contributed by atoms with E-state index < -0.39 is 6.09 Å². The fourth-order valence-corrected chi connectivity index (χ4v) is 2.34. The molecule has 0 bridgehead atoms. The van der Waals surface area contributed by atoms with Gasteiger partial charge in [0, 0.05) is 11.3 Å². The van der Waals surface area contributed by atoms with Crippen molar-refractivity contribution in [3.63, 3.8) is 0 Å². The van der Waals surface area contributed by atoms with Gasteiger partial charge in [0.25, 0.3) is 5.91 Å². The molecule has 2 aromatic rings. The van der Waals surface area contributed by atoms with E-state index in [2.05, 4.69) is 15.6 Å². The molecule has 0 fully saturated rings. The van der Waals surface area contributed by atoms with Crippen LogP contribution in [0.4, 0.5) is 15.5 Å². The Bertz CT molecular complexity index is 667. The normalized spacial score (nSPS) is 10.1. The van der Waals surface area contributed by atoms with Gasteiger partial charge in [0.2, 0.25) is 0 Å². The van der Waals surface area contributed by atoms with E-state index >= 15 is 0 Å². The molecule has 0 aliphatic carbocycles. The van der Waals surface area contributed by atoms with Gasteiger partial charge in [-0.3, -0.25) is 10.1 Å². The molecule has 0 saturated carbocycles. The summed E-state index contributed by atoms with van der Waals surface area (Å²) in [6, 6.07) is 4.81. The van der Waals surface area contributed by atoms with Gasteiger partial charge in [-0.15, -0.1) is 11.3 Å². The number of carbonyl (C=O) groups is 2. The number of carboxylic acid groups (broad SMARTS) is 1. The third kappa shape index (κ3) is 3.33. The summed E-state index contributed by atoms with van der Waals surface area (Å²) in [5.41, 5.74) is 1.54. The smallest absolute Gasteiger partial charge is 0.409 e. The number of thiazole rings is 1. The fourth-order valence-electron chi connectivity index (χ4n) is 1.67. The van der Waals surface area contributed by atoms with Gasteiger partial charge < -0.3 is 10.4 Å². The van der Waals surface area contributed by atoms with Crippen molar-refractivity contribution in [2.45, 2.75) is 13.8 Å². The number of rotatable bonds is 3. The number of nitrogens with one attached hydrogen (secondary N) is 2. The summed E-state index contributed by atoms with van der Waals surface area (Å²) in [7, 11) is 0. The van der Waals surface area contributed by atoms with Crippen molar-refractivity contribution in [2.75, 3.05) is 10.6 Å². The Morgan fingerprint density at radius 2 is 2.00 bits per heavy atom. The largest absolute Gasteiger partial charge is 0.465 e. The Balaban J connectivity index is 2.22. The minimum absolute atomic E-state index is 0.291. The maximum atomic E-state index is 12.2. The lowest BCUT2D eigenvalue weighted by atomic mass is 10.1. The van der Waals surface area contributed by atoms with E-state index in [4.69, 9.17) is 5.11 Å². The first-order valence-corrected chi connectivity index (χ1v) is 6.62. The van der Waals surface area contributed by atoms with Gasteiger partial charge in [-0.05, 0) is 31.5 Å². The Hall–Kier alpha value is -2.41. The molecule has 0 radical (unpaired) electrons. The summed E-state index contributed by atoms with van der Waals surface area (Å²) in [6.45, 7) is 3.64. The van der Waals surface area contributed by atoms with E-state index in [0.717, 1.165) is 10.6 Å². The first-order valence-electron chi connectivity index (χ1n) is 5.80. The van der Waals surface area contributed by atoms with E-state index in [1.165, 1.54) is 17.4 Å². The average Bonchev–Trinajstić information content (AvgIpc) is 2.76. The van der Waals surface area contributed by atoms with Crippen molar-refractivity contribution in [3.05, 3.63) is 40.5 Å². The van der Waals surface area contributed by atoms with Crippen LogP contribution in [0.3, 0.4) is 0 Å². The SMILES string of the molecule is Cc1ncc(NC(=O)c2cc(NC(=O)O)ccc2C)s1. The standard InChI is InChI=1S/C13H13N3O3S/c1-7-3-4-9(15-13(18)19)5-10(7)12(17)16-11-6-14-8(2)20-11/h3-6,15H,1-2H3,(H,16,17)(H,18,19). The molecule has 1 aromatic carbocycles. The predicted molar refractivity (Wildman–Crippen MR) is 77.6 cm³/mol. The van der Waals surface area contributed by atoms with Crippen molar-refractivity contribution in [1.82, 2.24) is 4.98 Å². The van der Waals surface area contributed by atoms with E-state index in [0.29, 0.717) is 16.3 Å². The summed E-state index contributed by atoms with van der Waals surface area (Å²) in [6.07, 6.45) is 0.422. The Labute approximate surface area is 119 Å². The average molecular weight is 291 g/mol. The molecule has 0 aliphatic heterocycles. The highest BCUT2D eigenvalue weighted by Gasteiger charge is 2.12. The van der Waals surface area contributed by atoms with Crippen LogP contribution in [0.15, 0.2) is 24.4 Å². The molecule has 0 aliphatic rings. The minimum Gasteiger partial charge on any atom is -0.465 e. The second kappa shape index (κ2) is 5.70. The Kier molecular flexibility index (Phi) is 3.99. The van der Waals surface area contributed by atoms with Crippen LogP contribution < -0.4 is 10.6 Å². The molecule has 104 valence electrons. The van der Waals surface area contributed by atoms with Crippen molar-refractivity contribution >= 4 is 34.0 Å². The molecule has 0 saturated heterocycles. The number of aromatic nitrogens is 1. The van der Waals surface area contributed by atoms with Gasteiger partial charge in [0.15, 0.2) is 0 Å². The minimum atomic E-state index is -1.17. The van der Waals surface area contributed by atoms with Crippen molar-refractivity contribution in [1.29, 1.82) is 0 Å². The van der Waals surface area contributed by atoms with Crippen molar-refractivity contribution in [2.24, 2.45) is 0 Å². The molecule has 3 N–H and O–H groups in total. The molecule has 6 nitrogen and oxygen atoms in total. The highest BCUT2D eigenvalue weighted by atomic mass is 32.1. The summed E-state index contributed by atoms with van der Waals surface area (Å²) >= 11 is 1.38. The maximum Gasteiger partial charge on any atom is 0.409 e. The number of benzene rings is 1. The quantitative estimate of drug-likeness (QED) is 0.810. The molecule has 0 unspecified atom stereocenters. The third-order valence-corrected chi connectivity index (χ3v) is 3.42. The van der Waals surface area contributed by atoms with Crippen LogP contribution in [-0.2, 0) is 0 Å². The van der Waals surface area contributed by atoms with Crippen LogP contribution in [0.1, 0.15) is 20.9 Å². The molecule has 2 amide bonds. The van der Waals surface area contributed by atoms with Gasteiger partial charge in [-0.2, -0.15) is 0 Å². The van der Waals surface area contributed by atoms with Gasteiger partial charge >= 0.3 is 6.09 Å². The lowest BCUT2D eigenvalue weighted by Crippen LogP contribution is -2.14. The zero-order valence-corrected chi connectivity index (χ0v) is 11.7. The van der Waals surface area contributed by atoms with E-state index in [9.17, 15) is 9.59 Å². The summed E-state index contributed by atoms with van der Waals surface area (Å²) in [5.74, 6) is -0.291. The van der Waals surface area contributed by atoms with Crippen LogP contribution in [0.5, 0.6) is 0 Å². The topological polar surface area (TPSA) is 91.3 Å². The maximum absolute atomic E-state index is 12.2. The van der Waals surface area contributed by atoms with Gasteiger partial charge in [0.1, 0.15) is 5.00 Å². The summed E-state index contributed by atoms with van der Waals surface area (Å²) < 4.78 is 0. The number of amides is 2. The van der Waals surface area contributed by atoms with Crippen LogP contribution in [-0.4, -0.2) is 22.1 Å². The van der Waals surface area contributed by atoms with E-state index in [-0.39, 0.29) is 5.91 Å². The number of hydrogen-bond acceptors (Lipinski definition) is 4. The zero-order chi connectivity index (χ0) is 14.7. The molecule has 20 heavy (non-hydrogen) atoms. The van der Waals surface area contributed by atoms with E-state index in [1.54, 1.807) is 25.3 Å². The molecule has 1 aromatic heterocycles. The molecule has 0 spiro atoms. The zero-order valence-electron chi connectivity index (χ0n) is 10.9. The van der Waals surface area contributed by atoms with Gasteiger partial charge in [-0.25, -0.2) is 9.78 Å². The number of hydrogen-bond donors (Lipinski definition) is 3. The van der Waals surface area contributed by atoms with Gasteiger partial charge in [0.05, 0.1) is 11.2 Å². The molecule has 2 rings (SSSR count). The number of nitrogens with zero attached hydrogens (tertiary/aromatic N) is 1. The molecular formula is C13H13N3O3S. The summed E-state index contributed by atoms with van der Waals surface area (Å²) in [5, 5.41) is 15.2. The number of anilines is 2. The second-order valence-electron chi connectivity index (χ2n) is 4.16. The lowest BCUT2D eigenvalue weighted by Gasteiger charge is -2.08. The lowest BCUT2D eigenvalue weighted by molar-refractivity contribution is 0.102. The van der Waals surface area contributed by atoms with Crippen LogP contribution in [0, 0.1) is 13.8 Å². The first-order chi connectivity index (χ1) is 9.45. The van der Waals surface area contributed by atoms with Gasteiger partial charge in [-0.1, -0.05) is 6.07 Å². The Morgan fingerprint density at radius 1 is 1.25 bits per heavy atom. The van der Waals surface area contributed by atoms with Crippen molar-refractivity contribution < 1.29 is 14.7 Å². The monoisotopic (exact) mass is 291 g/mol. The molecule has 1 heterocycles. The summed E-state index contributed by atoms with van der Waals surface area (Å²) in [4.78, 5) is 26.8. The number of aryl methyl sites for hydroxylation is 2. The molecule has 0 atom stereocenters. The third-order valence-electron chi connectivity index (χ3n) is 2.59. The van der Waals surface area contributed by atoms with Crippen molar-refractivity contribution in [3.8, 4) is 0 Å². The number of carbonyl (C=O) groups excluding carboxylic acids is 1. The highest BCUT2D eigenvalue weighted by Crippen LogP contribution is 2.21. The Morgan fingerprint density at radius 3 is 2.60 bits per heavy atom. The molecule has 7 heteroatoms. The van der Waals surface area contributed by atoms with E-state index in [1.807, 2.05) is 6.92 Å².